The lowest BCUT2D eigenvalue weighted by atomic mass is 9.72. The fourth-order valence-electron chi connectivity index (χ4n) is 5.04. The maximum Gasteiger partial charge on any atom is 0.251 e. The third-order valence-electron chi connectivity index (χ3n) is 7.02. The van der Waals surface area contributed by atoms with Crippen molar-refractivity contribution in [3.05, 3.63) is 70.8 Å². The molecule has 2 aliphatic heterocycles. The van der Waals surface area contributed by atoms with Crippen LogP contribution in [0.15, 0.2) is 48.5 Å². The summed E-state index contributed by atoms with van der Waals surface area (Å²) in [5.74, 6) is 0.103. The van der Waals surface area contributed by atoms with Gasteiger partial charge in [0.2, 0.25) is 5.91 Å². The largest absolute Gasteiger partial charge is 0.381 e. The maximum atomic E-state index is 14.1. The number of benzene rings is 2. The summed E-state index contributed by atoms with van der Waals surface area (Å²) in [6.07, 6.45) is 1.41. The van der Waals surface area contributed by atoms with Crippen molar-refractivity contribution in [2.24, 2.45) is 0 Å². The standard InChI is InChI=1S/C26H33N3O3/c1-19-6-4-9-22(16-19)26(10-14-32-15-11-26)25(31)29-13-12-28(3)23(18-29)20-7-5-8-21(17-20)24(30)27-2/h4-9,16-17,23H,10-15,18H2,1-3H3,(H,27,30)/t23-/m0/s1. The minimum atomic E-state index is -0.533. The van der Waals surface area contributed by atoms with Crippen molar-refractivity contribution in [1.82, 2.24) is 15.1 Å². The number of hydrogen-bond donors (Lipinski definition) is 1. The molecule has 4 rings (SSSR count). The highest BCUT2D eigenvalue weighted by Gasteiger charge is 2.45. The maximum absolute atomic E-state index is 14.1. The van der Waals surface area contributed by atoms with Crippen molar-refractivity contribution < 1.29 is 14.3 Å². The Morgan fingerprint density at radius 1 is 1.06 bits per heavy atom. The molecule has 0 aliphatic carbocycles. The molecule has 2 aliphatic rings. The quantitative estimate of drug-likeness (QED) is 0.802. The normalized spacial score (nSPS) is 21.2. The lowest BCUT2D eigenvalue weighted by molar-refractivity contribution is -0.144. The number of carbonyl (C=O) groups excluding carboxylic acids is 2. The Morgan fingerprint density at radius 2 is 1.81 bits per heavy atom. The number of amides is 2. The van der Waals surface area contributed by atoms with E-state index in [-0.39, 0.29) is 17.9 Å². The molecule has 2 aromatic carbocycles. The topological polar surface area (TPSA) is 61.9 Å². The van der Waals surface area contributed by atoms with E-state index in [1.165, 1.54) is 5.56 Å². The summed E-state index contributed by atoms with van der Waals surface area (Å²) >= 11 is 0. The third-order valence-corrected chi connectivity index (χ3v) is 7.02. The number of likely N-dealkylation sites (N-methyl/N-ethyl adjacent to an activating group) is 1. The molecule has 2 saturated heterocycles. The summed E-state index contributed by atoms with van der Waals surface area (Å²) in [5, 5.41) is 2.69. The van der Waals surface area contributed by atoms with Crippen molar-refractivity contribution in [3.63, 3.8) is 0 Å². The minimum Gasteiger partial charge on any atom is -0.381 e. The number of nitrogens with one attached hydrogen (secondary N) is 1. The lowest BCUT2D eigenvalue weighted by Gasteiger charge is -2.45. The van der Waals surface area contributed by atoms with Crippen LogP contribution in [0.5, 0.6) is 0 Å². The first kappa shape index (κ1) is 22.5. The average Bonchev–Trinajstić information content (AvgIpc) is 2.84. The molecule has 2 aromatic rings. The molecule has 2 heterocycles. The van der Waals surface area contributed by atoms with Crippen LogP contribution in [0.4, 0.5) is 0 Å². The summed E-state index contributed by atoms with van der Waals surface area (Å²) in [7, 11) is 3.73. The number of piperazine rings is 1. The Hall–Kier alpha value is -2.70. The molecule has 0 radical (unpaired) electrons. The van der Waals surface area contributed by atoms with Crippen LogP contribution in [-0.4, -0.2) is 68.6 Å². The Balaban J connectivity index is 1.63. The third kappa shape index (κ3) is 4.30. The van der Waals surface area contributed by atoms with Crippen molar-refractivity contribution in [1.29, 1.82) is 0 Å². The minimum absolute atomic E-state index is 0.0479. The molecule has 170 valence electrons. The molecule has 2 fully saturated rings. The Kier molecular flexibility index (Phi) is 6.63. The number of hydrogen-bond acceptors (Lipinski definition) is 4. The Morgan fingerprint density at radius 3 is 2.53 bits per heavy atom. The van der Waals surface area contributed by atoms with Gasteiger partial charge in [0.1, 0.15) is 0 Å². The second-order valence-corrected chi connectivity index (χ2v) is 9.02. The summed E-state index contributed by atoms with van der Waals surface area (Å²) in [6, 6.07) is 16.2. The van der Waals surface area contributed by atoms with Gasteiger partial charge < -0.3 is 15.0 Å². The van der Waals surface area contributed by atoms with E-state index in [0.29, 0.717) is 44.7 Å². The molecule has 0 spiro atoms. The predicted octanol–water partition coefficient (Wildman–Crippen LogP) is 2.92. The fraction of sp³-hybridized carbons (Fsp3) is 0.462. The highest BCUT2D eigenvalue weighted by Crippen LogP contribution is 2.38. The van der Waals surface area contributed by atoms with Crippen molar-refractivity contribution in [2.45, 2.75) is 31.2 Å². The predicted molar refractivity (Wildman–Crippen MR) is 125 cm³/mol. The molecule has 32 heavy (non-hydrogen) atoms. The van der Waals surface area contributed by atoms with Crippen LogP contribution in [0.2, 0.25) is 0 Å². The molecule has 6 heteroatoms. The second kappa shape index (κ2) is 9.43. The molecule has 0 aromatic heterocycles. The van der Waals surface area contributed by atoms with Gasteiger partial charge in [-0.3, -0.25) is 14.5 Å². The summed E-state index contributed by atoms with van der Waals surface area (Å²) in [4.78, 5) is 30.5. The second-order valence-electron chi connectivity index (χ2n) is 9.02. The van der Waals surface area contributed by atoms with Crippen LogP contribution in [-0.2, 0) is 14.9 Å². The summed E-state index contributed by atoms with van der Waals surface area (Å²) in [5.41, 5.74) is 3.44. The summed E-state index contributed by atoms with van der Waals surface area (Å²) in [6.45, 7) is 5.39. The average molecular weight is 436 g/mol. The van der Waals surface area contributed by atoms with Gasteiger partial charge in [0.15, 0.2) is 0 Å². The molecule has 0 unspecified atom stereocenters. The van der Waals surface area contributed by atoms with E-state index in [4.69, 9.17) is 4.74 Å². The van der Waals surface area contributed by atoms with Crippen molar-refractivity contribution in [3.8, 4) is 0 Å². The molecular formula is C26H33N3O3. The SMILES string of the molecule is CNC(=O)c1cccc([C@@H]2CN(C(=O)C3(c4cccc(C)c4)CCOCC3)CCN2C)c1. The number of aryl methyl sites for hydroxylation is 1. The number of nitrogens with zero attached hydrogens (tertiary/aromatic N) is 2. The monoisotopic (exact) mass is 435 g/mol. The van der Waals surface area contributed by atoms with Gasteiger partial charge >= 0.3 is 0 Å². The van der Waals surface area contributed by atoms with Gasteiger partial charge in [-0.2, -0.15) is 0 Å². The van der Waals surface area contributed by atoms with Crippen LogP contribution in [0.25, 0.3) is 0 Å². The first-order valence-corrected chi connectivity index (χ1v) is 11.4. The first-order chi connectivity index (χ1) is 15.4. The number of ether oxygens (including phenoxy) is 1. The Labute approximate surface area is 190 Å². The van der Waals surface area contributed by atoms with Gasteiger partial charge in [-0.15, -0.1) is 0 Å². The smallest absolute Gasteiger partial charge is 0.251 e. The van der Waals surface area contributed by atoms with Crippen LogP contribution < -0.4 is 5.32 Å². The van der Waals surface area contributed by atoms with Crippen LogP contribution >= 0.6 is 0 Å². The highest BCUT2D eigenvalue weighted by atomic mass is 16.5. The zero-order chi connectivity index (χ0) is 22.7. The zero-order valence-electron chi connectivity index (χ0n) is 19.3. The summed E-state index contributed by atoms with van der Waals surface area (Å²) < 4.78 is 5.65. The first-order valence-electron chi connectivity index (χ1n) is 11.4. The van der Waals surface area contributed by atoms with Gasteiger partial charge in [0, 0.05) is 45.5 Å². The highest BCUT2D eigenvalue weighted by molar-refractivity contribution is 5.94. The Bertz CT molecular complexity index is 984. The number of rotatable bonds is 4. The number of carbonyl (C=O) groups is 2. The molecule has 1 atom stereocenters. The van der Waals surface area contributed by atoms with Crippen molar-refractivity contribution >= 4 is 11.8 Å². The van der Waals surface area contributed by atoms with E-state index in [0.717, 1.165) is 17.7 Å². The van der Waals surface area contributed by atoms with E-state index in [2.05, 4.69) is 42.4 Å². The van der Waals surface area contributed by atoms with Crippen LogP contribution in [0.1, 0.15) is 45.9 Å². The van der Waals surface area contributed by atoms with Gasteiger partial charge in [-0.1, -0.05) is 42.0 Å². The van der Waals surface area contributed by atoms with E-state index < -0.39 is 5.41 Å². The molecule has 6 nitrogen and oxygen atoms in total. The van der Waals surface area contributed by atoms with Crippen LogP contribution in [0.3, 0.4) is 0 Å². The molecule has 0 saturated carbocycles. The lowest BCUT2D eigenvalue weighted by Crippen LogP contribution is -2.56. The molecular weight excluding hydrogens is 402 g/mol. The molecule has 0 bridgehead atoms. The van der Waals surface area contributed by atoms with E-state index in [9.17, 15) is 9.59 Å². The van der Waals surface area contributed by atoms with Gasteiger partial charge in [0.05, 0.1) is 11.5 Å². The van der Waals surface area contributed by atoms with Gasteiger partial charge in [-0.05, 0) is 50.1 Å². The van der Waals surface area contributed by atoms with Gasteiger partial charge in [-0.25, -0.2) is 0 Å². The molecule has 1 N–H and O–H groups in total. The molecule has 2 amide bonds. The van der Waals surface area contributed by atoms with E-state index in [1.54, 1.807) is 7.05 Å². The van der Waals surface area contributed by atoms with Crippen molar-refractivity contribution in [2.75, 3.05) is 46.9 Å². The van der Waals surface area contributed by atoms with E-state index in [1.807, 2.05) is 35.2 Å². The fourth-order valence-corrected chi connectivity index (χ4v) is 5.04. The zero-order valence-corrected chi connectivity index (χ0v) is 19.3. The van der Waals surface area contributed by atoms with E-state index >= 15 is 0 Å². The van der Waals surface area contributed by atoms with Gasteiger partial charge in [0.25, 0.3) is 5.91 Å². The van der Waals surface area contributed by atoms with Crippen LogP contribution in [0, 0.1) is 6.92 Å².